The van der Waals surface area contributed by atoms with E-state index >= 15 is 0 Å². The highest BCUT2D eigenvalue weighted by atomic mass is 19.1. The molecule has 0 radical (unpaired) electrons. The van der Waals surface area contributed by atoms with Gasteiger partial charge in [0, 0.05) is 31.4 Å². The summed E-state index contributed by atoms with van der Waals surface area (Å²) in [6.45, 7) is 7.23. The van der Waals surface area contributed by atoms with Gasteiger partial charge in [-0.15, -0.1) is 5.10 Å². The number of ether oxygens (including phenoxy) is 4. The van der Waals surface area contributed by atoms with Crippen LogP contribution in [0.2, 0.25) is 0 Å². The summed E-state index contributed by atoms with van der Waals surface area (Å²) in [6.07, 6.45) is 0.330. The number of aromatic nitrogens is 3. The predicted octanol–water partition coefficient (Wildman–Crippen LogP) is 4.51. The molecule has 0 saturated heterocycles. The fourth-order valence-electron chi connectivity index (χ4n) is 3.89. The van der Waals surface area contributed by atoms with E-state index in [1.54, 1.807) is 58.7 Å². The molecule has 210 valence electrons. The Bertz CT molecular complexity index is 1370. The summed E-state index contributed by atoms with van der Waals surface area (Å²) >= 11 is 0. The molecule has 39 heavy (non-hydrogen) atoms. The van der Waals surface area contributed by atoms with E-state index < -0.39 is 29.6 Å². The molecule has 2 aromatic heterocycles. The van der Waals surface area contributed by atoms with Gasteiger partial charge in [0.2, 0.25) is 5.88 Å². The summed E-state index contributed by atoms with van der Waals surface area (Å²) in [7, 11) is 6.06. The highest BCUT2D eigenvalue weighted by molar-refractivity contribution is 5.91. The van der Waals surface area contributed by atoms with Gasteiger partial charge in [-0.3, -0.25) is 4.68 Å². The number of aryl methyl sites for hydroxylation is 1. The van der Waals surface area contributed by atoms with Gasteiger partial charge in [-0.25, -0.2) is 19.0 Å². The molecule has 11 nitrogen and oxygen atoms in total. The number of esters is 1. The van der Waals surface area contributed by atoms with E-state index in [4.69, 9.17) is 24.7 Å². The number of halogens is 1. The molecule has 0 aliphatic rings. The third kappa shape index (κ3) is 6.75. The zero-order valence-electron chi connectivity index (χ0n) is 23.4. The number of nitrogen functional groups attached to an aromatic ring is 1. The monoisotopic (exact) mass is 543 g/mol. The first-order valence-corrected chi connectivity index (χ1v) is 12.1. The number of carbonyl (C=O) groups excluding carboxylic acids is 2. The summed E-state index contributed by atoms with van der Waals surface area (Å²) < 4.78 is 37.3. The predicted molar refractivity (Wildman–Crippen MR) is 142 cm³/mol. The van der Waals surface area contributed by atoms with Crippen molar-refractivity contribution in [1.82, 2.24) is 19.7 Å². The lowest BCUT2D eigenvalue weighted by molar-refractivity contribution is 0.0281. The van der Waals surface area contributed by atoms with Crippen molar-refractivity contribution in [2.45, 2.75) is 45.9 Å². The molecule has 0 spiro atoms. The van der Waals surface area contributed by atoms with Gasteiger partial charge < -0.3 is 29.6 Å². The van der Waals surface area contributed by atoms with E-state index in [1.165, 1.54) is 31.3 Å². The second kappa shape index (κ2) is 11.6. The number of benzene rings is 1. The minimum absolute atomic E-state index is 0.0362. The largest absolute Gasteiger partial charge is 0.482 e. The molecule has 0 fully saturated rings. The van der Waals surface area contributed by atoms with Gasteiger partial charge in [-0.05, 0) is 45.9 Å². The maximum Gasteiger partial charge on any atom is 0.410 e. The molecule has 1 aromatic carbocycles. The summed E-state index contributed by atoms with van der Waals surface area (Å²) in [5.41, 5.74) is 7.72. The van der Waals surface area contributed by atoms with Crippen molar-refractivity contribution in [2.24, 2.45) is 7.05 Å². The lowest BCUT2D eigenvalue weighted by Crippen LogP contribution is -2.34. The Hall–Kier alpha value is -4.35. The molecule has 2 heterocycles. The van der Waals surface area contributed by atoms with Crippen LogP contribution in [-0.2, 0) is 23.1 Å². The van der Waals surface area contributed by atoms with E-state index in [-0.39, 0.29) is 23.7 Å². The number of methoxy groups -OCH3 is 2. The molecule has 3 aromatic rings. The first kappa shape index (κ1) is 29.2. The summed E-state index contributed by atoms with van der Waals surface area (Å²) in [5, 5.41) is 4.43. The SMILES string of the molecule is COC(=O)c1cc(F)ccc1C(C)Oc1cc(-c2c(OC)nn(C)c2CN(C)C(=O)OC(C)(C)C)cnc1N. The Morgan fingerprint density at radius 2 is 1.90 bits per heavy atom. The van der Waals surface area contributed by atoms with Crippen LogP contribution in [0.25, 0.3) is 11.1 Å². The van der Waals surface area contributed by atoms with Crippen molar-refractivity contribution in [3.8, 4) is 22.8 Å². The lowest BCUT2D eigenvalue weighted by atomic mass is 10.0. The van der Waals surface area contributed by atoms with Crippen molar-refractivity contribution < 1.29 is 32.9 Å². The van der Waals surface area contributed by atoms with Gasteiger partial charge in [-0.1, -0.05) is 6.07 Å². The Balaban J connectivity index is 1.99. The van der Waals surface area contributed by atoms with E-state index in [0.717, 1.165) is 6.07 Å². The second-order valence-corrected chi connectivity index (χ2v) is 9.88. The van der Waals surface area contributed by atoms with Crippen molar-refractivity contribution >= 4 is 17.9 Å². The molecule has 0 saturated carbocycles. The van der Waals surface area contributed by atoms with Crippen LogP contribution in [0.3, 0.4) is 0 Å². The molecular weight excluding hydrogens is 509 g/mol. The summed E-state index contributed by atoms with van der Waals surface area (Å²) in [6, 6.07) is 5.44. The van der Waals surface area contributed by atoms with Crippen molar-refractivity contribution in [3.63, 3.8) is 0 Å². The van der Waals surface area contributed by atoms with Crippen LogP contribution in [0.4, 0.5) is 15.0 Å². The standard InChI is InChI=1S/C27H34FN5O6/c1-15(18-10-9-17(28)12-19(18)25(34)37-8)38-21-11-16(13-30-23(21)29)22-20(33(6)31-24(22)36-7)14-32(5)26(35)39-27(2,3)4/h9-13,15H,14H2,1-8H3,(H2,29,30). The molecule has 1 unspecified atom stereocenters. The number of amides is 1. The molecule has 3 rings (SSSR count). The van der Waals surface area contributed by atoms with Gasteiger partial charge >= 0.3 is 12.1 Å². The fourth-order valence-corrected chi connectivity index (χ4v) is 3.89. The van der Waals surface area contributed by atoms with Crippen LogP contribution < -0.4 is 15.2 Å². The number of pyridine rings is 1. The summed E-state index contributed by atoms with van der Waals surface area (Å²) in [4.78, 5) is 30.6. The summed E-state index contributed by atoms with van der Waals surface area (Å²) in [5.74, 6) is -0.650. The quantitative estimate of drug-likeness (QED) is 0.408. The number of rotatable bonds is 8. The van der Waals surface area contributed by atoms with Crippen molar-refractivity contribution in [3.05, 3.63) is 53.1 Å². The van der Waals surface area contributed by atoms with Crippen LogP contribution >= 0.6 is 0 Å². The van der Waals surface area contributed by atoms with Gasteiger partial charge in [0.25, 0.3) is 0 Å². The fraction of sp³-hybridized carbons (Fsp3) is 0.407. The van der Waals surface area contributed by atoms with Gasteiger partial charge in [0.05, 0.1) is 37.6 Å². The highest BCUT2D eigenvalue weighted by Crippen LogP contribution is 2.37. The highest BCUT2D eigenvalue weighted by Gasteiger charge is 2.26. The number of hydrogen-bond donors (Lipinski definition) is 1. The zero-order chi connectivity index (χ0) is 29.1. The third-order valence-corrected chi connectivity index (χ3v) is 5.75. The molecule has 12 heteroatoms. The van der Waals surface area contributed by atoms with Gasteiger partial charge in [-0.2, -0.15) is 0 Å². The number of nitrogens with zero attached hydrogens (tertiary/aromatic N) is 4. The Kier molecular flexibility index (Phi) is 8.68. The second-order valence-electron chi connectivity index (χ2n) is 9.88. The van der Waals surface area contributed by atoms with Crippen LogP contribution in [0.1, 0.15) is 55.4 Å². The van der Waals surface area contributed by atoms with Crippen molar-refractivity contribution in [1.29, 1.82) is 0 Å². The van der Waals surface area contributed by atoms with E-state index in [1.807, 2.05) is 0 Å². The normalized spacial score (nSPS) is 12.0. The Morgan fingerprint density at radius 1 is 1.21 bits per heavy atom. The van der Waals surface area contributed by atoms with Crippen LogP contribution in [0, 0.1) is 5.82 Å². The average Bonchev–Trinajstić information content (AvgIpc) is 3.18. The van der Waals surface area contributed by atoms with Gasteiger partial charge in [0.15, 0.2) is 11.6 Å². The first-order chi connectivity index (χ1) is 18.2. The number of carbonyl (C=O) groups is 2. The molecule has 2 N–H and O–H groups in total. The number of nitrogens with two attached hydrogens (primary N) is 1. The Labute approximate surface area is 226 Å². The average molecular weight is 544 g/mol. The molecule has 1 atom stereocenters. The van der Waals surface area contributed by atoms with Gasteiger partial charge in [0.1, 0.15) is 17.5 Å². The molecule has 1 amide bonds. The van der Waals surface area contributed by atoms with Crippen LogP contribution in [0.5, 0.6) is 11.6 Å². The minimum atomic E-state index is -0.715. The lowest BCUT2D eigenvalue weighted by Gasteiger charge is -2.25. The number of hydrogen-bond acceptors (Lipinski definition) is 9. The van der Waals surface area contributed by atoms with Crippen LogP contribution in [0.15, 0.2) is 30.5 Å². The van der Waals surface area contributed by atoms with Crippen LogP contribution in [-0.4, -0.2) is 58.6 Å². The zero-order valence-corrected chi connectivity index (χ0v) is 23.4. The van der Waals surface area contributed by atoms with E-state index in [9.17, 15) is 14.0 Å². The molecule has 0 bridgehead atoms. The Morgan fingerprint density at radius 3 is 2.51 bits per heavy atom. The van der Waals surface area contributed by atoms with Crippen molar-refractivity contribution in [2.75, 3.05) is 27.0 Å². The van der Waals surface area contributed by atoms with E-state index in [2.05, 4.69) is 10.1 Å². The molecular formula is C27H34FN5O6. The smallest absolute Gasteiger partial charge is 0.410 e. The minimum Gasteiger partial charge on any atom is -0.482 e. The molecule has 0 aliphatic carbocycles. The van der Waals surface area contributed by atoms with E-state index in [0.29, 0.717) is 28.3 Å². The maximum absolute atomic E-state index is 13.8. The first-order valence-electron chi connectivity index (χ1n) is 12.1. The maximum atomic E-state index is 13.8. The number of anilines is 1. The molecule has 0 aliphatic heterocycles. The third-order valence-electron chi connectivity index (χ3n) is 5.75. The topological polar surface area (TPSA) is 131 Å².